The van der Waals surface area contributed by atoms with Crippen molar-refractivity contribution in [1.29, 1.82) is 0 Å². The van der Waals surface area contributed by atoms with Gasteiger partial charge in [-0.2, -0.15) is 0 Å². The van der Waals surface area contributed by atoms with Gasteiger partial charge < -0.3 is 19.1 Å². The van der Waals surface area contributed by atoms with Gasteiger partial charge in [-0.1, -0.05) is 0 Å². The molecule has 0 unspecified atom stereocenters. The summed E-state index contributed by atoms with van der Waals surface area (Å²) in [5, 5.41) is 0.910. The van der Waals surface area contributed by atoms with Crippen molar-refractivity contribution < 1.29 is 14.3 Å². The predicted molar refractivity (Wildman–Crippen MR) is 104 cm³/mol. The Hall–Kier alpha value is -2.50. The molecule has 2 aliphatic rings. The number of likely N-dealkylation sites (tertiary alicyclic amines) is 2. The summed E-state index contributed by atoms with van der Waals surface area (Å²) >= 11 is 0. The van der Waals surface area contributed by atoms with E-state index in [1.54, 1.807) is 7.11 Å². The lowest BCUT2D eigenvalue weighted by Crippen LogP contribution is -2.48. The lowest BCUT2D eigenvalue weighted by atomic mass is 9.78. The third-order valence-electron chi connectivity index (χ3n) is 6.50. The smallest absolute Gasteiger partial charge is 0.256 e. The Bertz CT molecular complexity index is 932. The zero-order valence-electron chi connectivity index (χ0n) is 16.5. The van der Waals surface area contributed by atoms with E-state index in [-0.39, 0.29) is 11.8 Å². The van der Waals surface area contributed by atoms with Crippen LogP contribution < -0.4 is 4.74 Å². The Morgan fingerprint density at radius 3 is 2.70 bits per heavy atom. The molecule has 0 saturated carbocycles. The van der Waals surface area contributed by atoms with Gasteiger partial charge in [-0.25, -0.2) is 0 Å². The van der Waals surface area contributed by atoms with Crippen LogP contribution in [0.5, 0.6) is 5.75 Å². The van der Waals surface area contributed by atoms with Crippen LogP contribution in [0.2, 0.25) is 0 Å². The molecule has 1 spiro atoms. The van der Waals surface area contributed by atoms with E-state index in [1.807, 2.05) is 53.6 Å². The minimum atomic E-state index is -0.390. The zero-order valence-corrected chi connectivity index (χ0v) is 16.5. The summed E-state index contributed by atoms with van der Waals surface area (Å²) in [5.74, 6) is 0.953. The number of carbonyl (C=O) groups is 2. The molecule has 2 amide bonds. The number of aromatic nitrogens is 1. The molecule has 0 aliphatic carbocycles. The molecule has 1 atom stereocenters. The molecule has 0 N–H and O–H groups in total. The molecule has 0 bridgehead atoms. The first-order chi connectivity index (χ1) is 12.9. The maximum atomic E-state index is 13.5. The summed E-state index contributed by atoms with van der Waals surface area (Å²) in [6, 6.07) is 5.83. The molecule has 6 heteroatoms. The standard InChI is InChI=1S/C21H27N3O3/c1-14-18(16-12-15(27-4)6-7-17(16)23(14)3)19(25)24-11-9-21(13-24)8-5-10-22(2)20(21)26/h6-7,12H,5,8-11,13H2,1-4H3/t21-/m0/s1. The molecular formula is C21H27N3O3. The number of nitrogens with zero attached hydrogens (tertiary/aromatic N) is 3. The number of ether oxygens (including phenoxy) is 1. The van der Waals surface area contributed by atoms with Crippen LogP contribution in [0.4, 0.5) is 0 Å². The van der Waals surface area contributed by atoms with Gasteiger partial charge in [0.1, 0.15) is 5.75 Å². The second kappa shape index (κ2) is 6.29. The quantitative estimate of drug-likeness (QED) is 0.818. The van der Waals surface area contributed by atoms with Crippen LogP contribution in [0.1, 0.15) is 35.3 Å². The number of piperidine rings is 1. The van der Waals surface area contributed by atoms with Crippen LogP contribution in [0.25, 0.3) is 10.9 Å². The highest BCUT2D eigenvalue weighted by molar-refractivity contribution is 6.09. The number of hydrogen-bond donors (Lipinski definition) is 0. The van der Waals surface area contributed by atoms with E-state index in [0.29, 0.717) is 13.1 Å². The van der Waals surface area contributed by atoms with Crippen molar-refractivity contribution in [3.05, 3.63) is 29.5 Å². The third-order valence-corrected chi connectivity index (χ3v) is 6.50. The van der Waals surface area contributed by atoms with Crippen molar-refractivity contribution in [3.8, 4) is 5.75 Å². The molecular weight excluding hydrogens is 342 g/mol. The minimum absolute atomic E-state index is 0.0178. The van der Waals surface area contributed by atoms with Crippen molar-refractivity contribution in [2.45, 2.75) is 26.2 Å². The number of rotatable bonds is 2. The number of benzene rings is 1. The van der Waals surface area contributed by atoms with E-state index in [9.17, 15) is 9.59 Å². The van der Waals surface area contributed by atoms with E-state index in [0.717, 1.165) is 53.7 Å². The average Bonchev–Trinajstić information content (AvgIpc) is 3.20. The van der Waals surface area contributed by atoms with Crippen LogP contribution >= 0.6 is 0 Å². The molecule has 2 aromatic rings. The molecule has 1 aromatic carbocycles. The Kier molecular flexibility index (Phi) is 4.17. The summed E-state index contributed by atoms with van der Waals surface area (Å²) in [4.78, 5) is 29.9. The van der Waals surface area contributed by atoms with Crippen molar-refractivity contribution in [2.75, 3.05) is 33.8 Å². The molecule has 144 valence electrons. The normalized spacial score (nSPS) is 22.9. The predicted octanol–water partition coefficient (Wildman–Crippen LogP) is 2.58. The third kappa shape index (κ3) is 2.61. The average molecular weight is 369 g/mol. The number of hydrogen-bond acceptors (Lipinski definition) is 3. The molecule has 4 rings (SSSR count). The topological polar surface area (TPSA) is 54.8 Å². The number of aryl methyl sites for hydroxylation is 1. The largest absolute Gasteiger partial charge is 0.497 e. The first-order valence-corrected chi connectivity index (χ1v) is 9.56. The second-order valence-electron chi connectivity index (χ2n) is 7.99. The van der Waals surface area contributed by atoms with Gasteiger partial charge >= 0.3 is 0 Å². The van der Waals surface area contributed by atoms with Crippen LogP contribution in [-0.2, 0) is 11.8 Å². The number of methoxy groups -OCH3 is 1. The fourth-order valence-corrected chi connectivity index (χ4v) is 4.80. The van der Waals surface area contributed by atoms with Gasteiger partial charge in [-0.15, -0.1) is 0 Å². The fraction of sp³-hybridized carbons (Fsp3) is 0.524. The number of amides is 2. The van der Waals surface area contributed by atoms with Gasteiger partial charge in [0.25, 0.3) is 5.91 Å². The van der Waals surface area contributed by atoms with Crippen molar-refractivity contribution in [2.24, 2.45) is 12.5 Å². The summed E-state index contributed by atoms with van der Waals surface area (Å²) < 4.78 is 7.41. The van der Waals surface area contributed by atoms with E-state index in [1.165, 1.54) is 0 Å². The number of fused-ring (bicyclic) bond motifs is 1. The highest BCUT2D eigenvalue weighted by atomic mass is 16.5. The second-order valence-corrected chi connectivity index (χ2v) is 7.99. The molecule has 3 heterocycles. The van der Waals surface area contributed by atoms with E-state index < -0.39 is 5.41 Å². The SMILES string of the molecule is COc1ccc2c(c1)c(C(=O)N1CC[C@@]3(CCCN(C)C3=O)C1)c(C)n2C. The van der Waals surface area contributed by atoms with Crippen LogP contribution in [0, 0.1) is 12.3 Å². The zero-order chi connectivity index (χ0) is 19.3. The molecule has 6 nitrogen and oxygen atoms in total. The monoisotopic (exact) mass is 369 g/mol. The maximum absolute atomic E-state index is 13.5. The Morgan fingerprint density at radius 2 is 1.96 bits per heavy atom. The molecule has 2 aliphatic heterocycles. The Labute approximate surface area is 159 Å². The lowest BCUT2D eigenvalue weighted by molar-refractivity contribution is -0.143. The summed E-state index contributed by atoms with van der Waals surface area (Å²) in [7, 11) is 5.48. The van der Waals surface area contributed by atoms with Crippen molar-refractivity contribution >= 4 is 22.7 Å². The summed E-state index contributed by atoms with van der Waals surface area (Å²) in [6.45, 7) is 3.95. The van der Waals surface area contributed by atoms with E-state index in [4.69, 9.17) is 4.74 Å². The van der Waals surface area contributed by atoms with Crippen LogP contribution in [-0.4, -0.2) is 60.0 Å². The summed E-state index contributed by atoms with van der Waals surface area (Å²) in [5.41, 5.74) is 2.29. The van der Waals surface area contributed by atoms with Gasteiger partial charge in [0, 0.05) is 50.3 Å². The first-order valence-electron chi connectivity index (χ1n) is 9.56. The highest BCUT2D eigenvalue weighted by Gasteiger charge is 2.49. The first kappa shape index (κ1) is 17.9. The molecule has 1 aromatic heterocycles. The highest BCUT2D eigenvalue weighted by Crippen LogP contribution is 2.41. The van der Waals surface area contributed by atoms with Crippen molar-refractivity contribution in [1.82, 2.24) is 14.4 Å². The molecule has 2 fully saturated rings. The van der Waals surface area contributed by atoms with Crippen LogP contribution in [0.3, 0.4) is 0 Å². The van der Waals surface area contributed by atoms with E-state index in [2.05, 4.69) is 0 Å². The lowest BCUT2D eigenvalue weighted by Gasteiger charge is -2.37. The van der Waals surface area contributed by atoms with Gasteiger partial charge in [0.2, 0.25) is 5.91 Å². The van der Waals surface area contributed by atoms with Gasteiger partial charge in [-0.3, -0.25) is 9.59 Å². The fourth-order valence-electron chi connectivity index (χ4n) is 4.80. The molecule has 27 heavy (non-hydrogen) atoms. The van der Waals surface area contributed by atoms with E-state index >= 15 is 0 Å². The van der Waals surface area contributed by atoms with Crippen LogP contribution in [0.15, 0.2) is 18.2 Å². The summed E-state index contributed by atoms with van der Waals surface area (Å²) in [6.07, 6.45) is 2.64. The molecule has 2 saturated heterocycles. The van der Waals surface area contributed by atoms with Gasteiger partial charge in [0.15, 0.2) is 0 Å². The minimum Gasteiger partial charge on any atom is -0.497 e. The maximum Gasteiger partial charge on any atom is 0.256 e. The molecule has 0 radical (unpaired) electrons. The van der Waals surface area contributed by atoms with Crippen molar-refractivity contribution in [3.63, 3.8) is 0 Å². The number of carbonyl (C=O) groups excluding carboxylic acids is 2. The Morgan fingerprint density at radius 1 is 1.19 bits per heavy atom. The van der Waals surface area contributed by atoms with Gasteiger partial charge in [-0.05, 0) is 44.4 Å². The van der Waals surface area contributed by atoms with Gasteiger partial charge in [0.05, 0.1) is 18.1 Å². The Balaban J connectivity index is 1.70.